The van der Waals surface area contributed by atoms with E-state index in [4.69, 9.17) is 9.05 Å². The monoisotopic (exact) mass is 444 g/mol. The average molecular weight is 445 g/mol. The molecule has 1 heterocycles. The lowest BCUT2D eigenvalue weighted by Crippen LogP contribution is -2.50. The van der Waals surface area contributed by atoms with Crippen LogP contribution in [0.15, 0.2) is 0 Å². The second kappa shape index (κ2) is 14.5. The molecule has 5 nitrogen and oxygen atoms in total. The van der Waals surface area contributed by atoms with Gasteiger partial charge in [-0.05, 0) is 34.1 Å². The maximum absolute atomic E-state index is 12.8. The lowest BCUT2D eigenvalue weighted by molar-refractivity contribution is -0.138. The molecule has 1 aliphatic rings. The molecule has 0 unspecified atom stereocenters. The maximum Gasteiger partial charge on any atom is 0.698 e. The van der Waals surface area contributed by atoms with Crippen molar-refractivity contribution in [3.05, 3.63) is 0 Å². The van der Waals surface area contributed by atoms with Gasteiger partial charge in [-0.3, -0.25) is 4.79 Å². The minimum atomic E-state index is -2.17. The fraction of sp³-hybridized carbons (Fsp3) is 0.958. The van der Waals surface area contributed by atoms with Gasteiger partial charge < -0.3 is 4.90 Å². The van der Waals surface area contributed by atoms with E-state index in [1.165, 1.54) is 70.6 Å². The van der Waals surface area contributed by atoms with Gasteiger partial charge in [0.1, 0.15) is 11.2 Å². The number of carbonyl (C=O) groups is 1. The number of carbonyl (C=O) groups excluding carboxylic acids is 1. The zero-order chi connectivity index (χ0) is 22.5. The number of hydrogen-bond donors (Lipinski definition) is 0. The number of hydrogen-bond acceptors (Lipinski definition) is 4. The molecule has 0 aromatic heterocycles. The number of amides is 1. The van der Waals surface area contributed by atoms with Crippen molar-refractivity contribution in [2.24, 2.45) is 0 Å². The van der Waals surface area contributed by atoms with Crippen molar-refractivity contribution >= 4 is 14.2 Å². The lowest BCUT2D eigenvalue weighted by atomic mass is 10.0. The third kappa shape index (κ3) is 13.0. The standard InChI is InChI=1S/C24H47NO4P/c1-6-7-8-9-10-11-12-13-14-15-16-17-18-19-22(26)25-20-23(2,3)28-30(27)29-24(4,5)21-25/h6-21H2,1-5H3/q+1. The molecule has 0 aromatic rings. The van der Waals surface area contributed by atoms with Crippen LogP contribution < -0.4 is 0 Å². The summed E-state index contributed by atoms with van der Waals surface area (Å²) >= 11 is 0. The SMILES string of the molecule is CCCCCCCCCCCCCCCC(=O)N1CC(C)(C)O[P+](=O)OC(C)(C)C1. The van der Waals surface area contributed by atoms with Gasteiger partial charge in [0.2, 0.25) is 5.91 Å². The van der Waals surface area contributed by atoms with Crippen LogP contribution in [0.4, 0.5) is 0 Å². The Morgan fingerprint density at radius 2 is 1.10 bits per heavy atom. The van der Waals surface area contributed by atoms with E-state index in [-0.39, 0.29) is 5.91 Å². The Labute approximate surface area is 186 Å². The summed E-state index contributed by atoms with van der Waals surface area (Å²) in [5, 5.41) is 0. The van der Waals surface area contributed by atoms with Crippen LogP contribution in [0, 0.1) is 0 Å². The fourth-order valence-corrected chi connectivity index (χ4v) is 5.04. The minimum absolute atomic E-state index is 0.142. The first kappa shape index (κ1) is 27.5. The van der Waals surface area contributed by atoms with Crippen LogP contribution in [0.1, 0.15) is 125 Å². The van der Waals surface area contributed by atoms with Crippen LogP contribution in [0.2, 0.25) is 0 Å². The Bertz CT molecular complexity index is 485. The summed E-state index contributed by atoms with van der Waals surface area (Å²) in [5.74, 6) is 0.142. The Kier molecular flexibility index (Phi) is 13.3. The maximum atomic E-state index is 12.8. The molecule has 0 aliphatic carbocycles. The van der Waals surface area contributed by atoms with Gasteiger partial charge >= 0.3 is 8.25 Å². The summed E-state index contributed by atoms with van der Waals surface area (Å²) in [6, 6.07) is 0. The van der Waals surface area contributed by atoms with Crippen LogP contribution in [-0.2, 0) is 18.4 Å². The molecule has 0 N–H and O–H groups in total. The highest BCUT2D eigenvalue weighted by molar-refractivity contribution is 7.33. The first-order chi connectivity index (χ1) is 14.2. The van der Waals surface area contributed by atoms with E-state index >= 15 is 0 Å². The Balaban J connectivity index is 2.14. The average Bonchev–Trinajstić information content (AvgIpc) is 2.62. The molecule has 6 heteroatoms. The summed E-state index contributed by atoms with van der Waals surface area (Å²) in [5.41, 5.74) is -1.34. The lowest BCUT2D eigenvalue weighted by Gasteiger charge is -2.35. The predicted molar refractivity (Wildman–Crippen MR) is 125 cm³/mol. The molecule has 176 valence electrons. The van der Waals surface area contributed by atoms with E-state index in [0.717, 1.165) is 12.8 Å². The molecule has 0 bridgehead atoms. The normalized spacial score (nSPS) is 18.8. The zero-order valence-corrected chi connectivity index (χ0v) is 21.2. The third-order valence-corrected chi connectivity index (χ3v) is 6.92. The van der Waals surface area contributed by atoms with E-state index in [1.54, 1.807) is 0 Å². The molecule has 0 atom stereocenters. The largest absolute Gasteiger partial charge is 0.698 e. The van der Waals surface area contributed by atoms with Crippen LogP contribution >= 0.6 is 8.25 Å². The highest BCUT2D eigenvalue weighted by atomic mass is 31.1. The molecule has 0 spiro atoms. The molecule has 0 aromatic carbocycles. The summed E-state index contributed by atoms with van der Waals surface area (Å²) in [7, 11) is -2.17. The molecule has 0 radical (unpaired) electrons. The van der Waals surface area contributed by atoms with E-state index in [9.17, 15) is 9.36 Å². The molecule has 0 saturated carbocycles. The Hall–Kier alpha value is -0.510. The van der Waals surface area contributed by atoms with Gasteiger partial charge in [0.15, 0.2) is 0 Å². The summed E-state index contributed by atoms with van der Waals surface area (Å²) in [6.45, 7) is 10.6. The summed E-state index contributed by atoms with van der Waals surface area (Å²) in [4.78, 5) is 14.6. The van der Waals surface area contributed by atoms with E-state index in [2.05, 4.69) is 6.92 Å². The molecule has 1 amide bonds. The number of rotatable bonds is 14. The molecular weight excluding hydrogens is 397 g/mol. The first-order valence-corrected chi connectivity index (χ1v) is 13.4. The number of nitrogens with zero attached hydrogens (tertiary/aromatic N) is 1. The van der Waals surface area contributed by atoms with Crippen molar-refractivity contribution in [3.8, 4) is 0 Å². The van der Waals surface area contributed by atoms with Crippen molar-refractivity contribution < 1.29 is 18.4 Å². The van der Waals surface area contributed by atoms with Crippen LogP contribution in [0.3, 0.4) is 0 Å². The fourth-order valence-electron chi connectivity index (χ4n) is 4.08. The van der Waals surface area contributed by atoms with Crippen molar-refractivity contribution in [3.63, 3.8) is 0 Å². The van der Waals surface area contributed by atoms with Crippen LogP contribution in [-0.4, -0.2) is 35.1 Å². The van der Waals surface area contributed by atoms with Gasteiger partial charge in [-0.25, -0.2) is 0 Å². The highest BCUT2D eigenvalue weighted by Crippen LogP contribution is 2.39. The molecule has 1 saturated heterocycles. The van der Waals surface area contributed by atoms with Crippen molar-refractivity contribution in [2.45, 2.75) is 136 Å². The molecular formula is C24H47NO4P+. The second-order valence-electron chi connectivity index (χ2n) is 10.2. The zero-order valence-electron chi connectivity index (χ0n) is 20.3. The summed E-state index contributed by atoms with van der Waals surface area (Å²) < 4.78 is 23.0. The quantitative estimate of drug-likeness (QED) is 0.205. The second-order valence-corrected chi connectivity index (χ2v) is 11.0. The minimum Gasteiger partial charge on any atom is -0.337 e. The topological polar surface area (TPSA) is 55.8 Å². The van der Waals surface area contributed by atoms with Gasteiger partial charge in [0.05, 0.1) is 13.1 Å². The molecule has 30 heavy (non-hydrogen) atoms. The molecule has 1 fully saturated rings. The third-order valence-electron chi connectivity index (χ3n) is 5.63. The Morgan fingerprint density at radius 3 is 1.50 bits per heavy atom. The van der Waals surface area contributed by atoms with Crippen molar-refractivity contribution in [1.82, 2.24) is 4.90 Å². The first-order valence-electron chi connectivity index (χ1n) is 12.3. The van der Waals surface area contributed by atoms with Crippen molar-refractivity contribution in [2.75, 3.05) is 13.1 Å². The summed E-state index contributed by atoms with van der Waals surface area (Å²) in [6.07, 6.45) is 17.5. The van der Waals surface area contributed by atoms with Gasteiger partial charge in [-0.2, -0.15) is 0 Å². The van der Waals surface area contributed by atoms with Gasteiger partial charge in [-0.1, -0.05) is 84.0 Å². The molecule has 1 rings (SSSR count). The Morgan fingerprint density at radius 1 is 0.733 bits per heavy atom. The van der Waals surface area contributed by atoms with Gasteiger partial charge in [0, 0.05) is 11.0 Å². The van der Waals surface area contributed by atoms with Crippen molar-refractivity contribution in [1.29, 1.82) is 0 Å². The number of unbranched alkanes of at least 4 members (excludes halogenated alkanes) is 12. The van der Waals surface area contributed by atoms with Crippen LogP contribution in [0.25, 0.3) is 0 Å². The van der Waals surface area contributed by atoms with E-state index in [0.29, 0.717) is 19.5 Å². The smallest absolute Gasteiger partial charge is 0.337 e. The highest BCUT2D eigenvalue weighted by Gasteiger charge is 2.45. The predicted octanol–water partition coefficient (Wildman–Crippen LogP) is 7.56. The van der Waals surface area contributed by atoms with Gasteiger partial charge in [0.25, 0.3) is 0 Å². The van der Waals surface area contributed by atoms with Gasteiger partial charge in [-0.15, -0.1) is 9.05 Å². The molecule has 1 aliphatic heterocycles. The van der Waals surface area contributed by atoms with E-state index in [1.807, 2.05) is 32.6 Å². The van der Waals surface area contributed by atoms with Crippen LogP contribution in [0.5, 0.6) is 0 Å². The van der Waals surface area contributed by atoms with E-state index < -0.39 is 19.5 Å².